The molecule has 2 saturated heterocycles. The summed E-state index contributed by atoms with van der Waals surface area (Å²) in [5, 5.41) is 9.43. The van der Waals surface area contributed by atoms with E-state index >= 15 is 0 Å². The molecule has 0 saturated carbocycles. The summed E-state index contributed by atoms with van der Waals surface area (Å²) in [6.45, 7) is 6.62. The number of allylic oxidation sites excluding steroid dienone is 2. The highest BCUT2D eigenvalue weighted by molar-refractivity contribution is 5.90. The van der Waals surface area contributed by atoms with Gasteiger partial charge in [0.05, 0.1) is 18.6 Å². The van der Waals surface area contributed by atoms with Gasteiger partial charge in [-0.1, -0.05) is 23.8 Å². The van der Waals surface area contributed by atoms with E-state index in [4.69, 9.17) is 4.74 Å². The molecule has 3 heterocycles. The summed E-state index contributed by atoms with van der Waals surface area (Å²) >= 11 is 0. The lowest BCUT2D eigenvalue weighted by molar-refractivity contribution is -0.148. The molecule has 0 aromatic rings. The van der Waals surface area contributed by atoms with Gasteiger partial charge in [-0.15, -0.1) is 0 Å². The van der Waals surface area contributed by atoms with Crippen molar-refractivity contribution in [3.8, 4) is 0 Å². The SMILES string of the molecule is CC(C)=CCC[C@H](C)N1C[C@@]23C=C[C@H](O2)[C@H](C(=O)O)[C@@H]3C1=O. The largest absolute Gasteiger partial charge is 0.481 e. The van der Waals surface area contributed by atoms with Crippen molar-refractivity contribution in [3.63, 3.8) is 0 Å². The predicted molar refractivity (Wildman–Crippen MR) is 81.2 cm³/mol. The smallest absolute Gasteiger partial charge is 0.310 e. The topological polar surface area (TPSA) is 66.8 Å². The van der Waals surface area contributed by atoms with E-state index in [2.05, 4.69) is 19.9 Å². The van der Waals surface area contributed by atoms with E-state index < -0.39 is 29.5 Å². The minimum Gasteiger partial charge on any atom is -0.481 e. The molecule has 5 heteroatoms. The molecule has 1 spiro atoms. The maximum atomic E-state index is 12.8. The number of aliphatic carboxylic acids is 1. The molecule has 5 nitrogen and oxygen atoms in total. The van der Waals surface area contributed by atoms with Crippen LogP contribution in [-0.2, 0) is 14.3 Å². The van der Waals surface area contributed by atoms with Crippen LogP contribution in [0.3, 0.4) is 0 Å². The molecule has 0 aromatic heterocycles. The summed E-state index contributed by atoms with van der Waals surface area (Å²) < 4.78 is 5.88. The highest BCUT2D eigenvalue weighted by Crippen LogP contribution is 2.52. The first-order valence-electron chi connectivity index (χ1n) is 7.89. The van der Waals surface area contributed by atoms with Gasteiger partial charge >= 0.3 is 5.97 Å². The number of fused-ring (bicyclic) bond motifs is 1. The number of hydrogen-bond acceptors (Lipinski definition) is 3. The van der Waals surface area contributed by atoms with Gasteiger partial charge in [0, 0.05) is 6.04 Å². The molecular formula is C17H23NO4. The van der Waals surface area contributed by atoms with Gasteiger partial charge in [-0.2, -0.15) is 0 Å². The summed E-state index contributed by atoms with van der Waals surface area (Å²) in [4.78, 5) is 26.1. The fourth-order valence-corrected chi connectivity index (χ4v) is 3.95. The first kappa shape index (κ1) is 15.3. The second kappa shape index (κ2) is 5.23. The Balaban J connectivity index is 1.76. The Morgan fingerprint density at radius 1 is 1.59 bits per heavy atom. The molecule has 3 rings (SSSR count). The molecule has 3 aliphatic rings. The van der Waals surface area contributed by atoms with Crippen molar-refractivity contribution < 1.29 is 19.4 Å². The van der Waals surface area contributed by atoms with Crippen molar-refractivity contribution >= 4 is 11.9 Å². The Bertz CT molecular complexity index is 563. The normalized spacial score (nSPS) is 36.6. The molecule has 22 heavy (non-hydrogen) atoms. The summed E-state index contributed by atoms with van der Waals surface area (Å²) in [7, 11) is 0. The number of carboxylic acid groups (broad SMARTS) is 1. The molecule has 0 aliphatic carbocycles. The summed E-state index contributed by atoms with van der Waals surface area (Å²) in [5.74, 6) is -2.31. The van der Waals surface area contributed by atoms with Crippen molar-refractivity contribution in [1.29, 1.82) is 0 Å². The fourth-order valence-electron chi connectivity index (χ4n) is 3.95. The van der Waals surface area contributed by atoms with E-state index in [1.807, 2.05) is 17.9 Å². The summed E-state index contributed by atoms with van der Waals surface area (Å²) in [6, 6.07) is 0.0913. The number of hydrogen-bond donors (Lipinski definition) is 1. The number of carboxylic acids is 1. The Morgan fingerprint density at radius 2 is 2.32 bits per heavy atom. The van der Waals surface area contributed by atoms with Crippen LogP contribution in [-0.4, -0.2) is 46.2 Å². The highest BCUT2D eigenvalue weighted by Gasteiger charge is 2.67. The minimum atomic E-state index is -0.936. The first-order valence-corrected chi connectivity index (χ1v) is 7.89. The van der Waals surface area contributed by atoms with E-state index in [-0.39, 0.29) is 11.9 Å². The van der Waals surface area contributed by atoms with E-state index in [1.165, 1.54) is 5.57 Å². The molecule has 0 radical (unpaired) electrons. The standard InChI is InChI=1S/C17H23NO4/c1-10(2)5-4-6-11(3)18-9-17-8-7-12(22-17)13(16(20)21)14(17)15(18)19/h5,7-8,11-14H,4,6,9H2,1-3H3,(H,20,21)/t11-,12-,13-,14+,17+/m0/s1. The number of amides is 1. The third kappa shape index (κ3) is 2.19. The quantitative estimate of drug-likeness (QED) is 0.789. The zero-order valence-electron chi connectivity index (χ0n) is 13.3. The number of carbonyl (C=O) groups is 2. The second-order valence-corrected chi connectivity index (χ2v) is 6.91. The zero-order valence-corrected chi connectivity index (χ0v) is 13.3. The third-order valence-corrected chi connectivity index (χ3v) is 5.08. The Morgan fingerprint density at radius 3 is 2.95 bits per heavy atom. The van der Waals surface area contributed by atoms with Crippen molar-refractivity contribution in [2.24, 2.45) is 11.8 Å². The van der Waals surface area contributed by atoms with Crippen LogP contribution in [0.25, 0.3) is 0 Å². The monoisotopic (exact) mass is 305 g/mol. The Labute approximate surface area is 130 Å². The van der Waals surface area contributed by atoms with Crippen LogP contribution in [0.2, 0.25) is 0 Å². The maximum absolute atomic E-state index is 12.8. The van der Waals surface area contributed by atoms with Gasteiger partial charge < -0.3 is 14.7 Å². The lowest BCUT2D eigenvalue weighted by Gasteiger charge is -2.27. The Kier molecular flexibility index (Phi) is 3.63. The molecule has 0 unspecified atom stereocenters. The van der Waals surface area contributed by atoms with Gasteiger partial charge in [0.1, 0.15) is 11.5 Å². The molecule has 0 aromatic carbocycles. The molecule has 2 fully saturated rings. The molecular weight excluding hydrogens is 282 g/mol. The van der Waals surface area contributed by atoms with Crippen molar-refractivity contribution in [3.05, 3.63) is 23.8 Å². The average molecular weight is 305 g/mol. The third-order valence-electron chi connectivity index (χ3n) is 5.08. The summed E-state index contributed by atoms with van der Waals surface area (Å²) in [6.07, 6.45) is 7.23. The van der Waals surface area contributed by atoms with Crippen molar-refractivity contribution in [2.75, 3.05) is 6.54 Å². The van der Waals surface area contributed by atoms with Crippen molar-refractivity contribution in [1.82, 2.24) is 4.90 Å². The van der Waals surface area contributed by atoms with Gasteiger partial charge in [-0.25, -0.2) is 0 Å². The molecule has 1 N–H and O–H groups in total. The molecule has 5 atom stereocenters. The number of nitrogens with zero attached hydrogens (tertiary/aromatic N) is 1. The van der Waals surface area contributed by atoms with Crippen LogP contribution in [0.15, 0.2) is 23.8 Å². The van der Waals surface area contributed by atoms with Gasteiger partial charge in [0.15, 0.2) is 0 Å². The maximum Gasteiger partial charge on any atom is 0.310 e. The van der Waals surface area contributed by atoms with E-state index in [9.17, 15) is 14.7 Å². The van der Waals surface area contributed by atoms with E-state index in [0.29, 0.717) is 6.54 Å². The van der Waals surface area contributed by atoms with Gasteiger partial charge in [0.25, 0.3) is 0 Å². The lowest BCUT2D eigenvalue weighted by atomic mass is 9.77. The second-order valence-electron chi connectivity index (χ2n) is 6.91. The summed E-state index contributed by atoms with van der Waals surface area (Å²) in [5.41, 5.74) is 0.557. The minimum absolute atomic E-state index is 0.0658. The van der Waals surface area contributed by atoms with Gasteiger partial charge in [-0.05, 0) is 33.6 Å². The lowest BCUT2D eigenvalue weighted by Crippen LogP contribution is -2.40. The average Bonchev–Trinajstić information content (AvgIpc) is 3.06. The first-order chi connectivity index (χ1) is 10.4. The number of carbonyl (C=O) groups excluding carboxylic acids is 1. The Hall–Kier alpha value is -1.62. The highest BCUT2D eigenvalue weighted by atomic mass is 16.5. The van der Waals surface area contributed by atoms with Gasteiger partial charge in [0.2, 0.25) is 5.91 Å². The zero-order chi connectivity index (χ0) is 16.1. The van der Waals surface area contributed by atoms with Crippen LogP contribution in [0, 0.1) is 11.8 Å². The number of likely N-dealkylation sites (tertiary alicyclic amines) is 1. The fraction of sp³-hybridized carbons (Fsp3) is 0.647. The van der Waals surface area contributed by atoms with E-state index in [0.717, 1.165) is 12.8 Å². The molecule has 3 aliphatic heterocycles. The van der Waals surface area contributed by atoms with Crippen LogP contribution in [0.1, 0.15) is 33.6 Å². The van der Waals surface area contributed by atoms with Crippen LogP contribution >= 0.6 is 0 Å². The molecule has 1 amide bonds. The number of ether oxygens (including phenoxy) is 1. The van der Waals surface area contributed by atoms with Crippen molar-refractivity contribution in [2.45, 2.75) is 51.4 Å². The van der Waals surface area contributed by atoms with E-state index in [1.54, 1.807) is 6.08 Å². The number of rotatable bonds is 5. The molecule has 120 valence electrons. The van der Waals surface area contributed by atoms with Crippen LogP contribution in [0.4, 0.5) is 0 Å². The van der Waals surface area contributed by atoms with Gasteiger partial charge in [-0.3, -0.25) is 9.59 Å². The van der Waals surface area contributed by atoms with Crippen LogP contribution < -0.4 is 0 Å². The molecule has 2 bridgehead atoms. The predicted octanol–water partition coefficient (Wildman–Crippen LogP) is 1.99. The van der Waals surface area contributed by atoms with Crippen LogP contribution in [0.5, 0.6) is 0 Å².